The van der Waals surface area contributed by atoms with E-state index in [0.717, 1.165) is 12.8 Å². The molecule has 76 valence electrons. The van der Waals surface area contributed by atoms with Gasteiger partial charge in [0, 0.05) is 0 Å². The molecule has 4 atom stereocenters. The van der Waals surface area contributed by atoms with Crippen LogP contribution in [-0.4, -0.2) is 29.7 Å². The average molecular weight is 243 g/mol. The van der Waals surface area contributed by atoms with Gasteiger partial charge < -0.3 is 0 Å². The van der Waals surface area contributed by atoms with Gasteiger partial charge in [-0.15, -0.1) is 23.2 Å². The van der Waals surface area contributed by atoms with E-state index in [4.69, 9.17) is 23.2 Å². The number of hydrogen-bond acceptors (Lipinski definition) is 2. The van der Waals surface area contributed by atoms with Crippen molar-refractivity contribution in [2.75, 3.05) is 0 Å². The van der Waals surface area contributed by atoms with Crippen LogP contribution in [0.5, 0.6) is 0 Å². The Morgan fingerprint density at radius 3 is 1.69 bits per heavy atom. The monoisotopic (exact) mass is 242 g/mol. The summed E-state index contributed by atoms with van der Waals surface area (Å²) < 4.78 is 23.7. The lowest BCUT2D eigenvalue weighted by molar-refractivity contribution is 0.565. The third kappa shape index (κ3) is 1.40. The van der Waals surface area contributed by atoms with Crippen molar-refractivity contribution in [3.8, 4) is 0 Å². The van der Waals surface area contributed by atoms with Gasteiger partial charge >= 0.3 is 0 Å². The topological polar surface area (TPSA) is 34.1 Å². The lowest BCUT2D eigenvalue weighted by Gasteiger charge is -2.14. The first-order valence-corrected chi connectivity index (χ1v) is 7.04. The van der Waals surface area contributed by atoms with Crippen LogP contribution in [0.4, 0.5) is 0 Å². The molecule has 0 aromatic heterocycles. The van der Waals surface area contributed by atoms with Gasteiger partial charge in [0.1, 0.15) is 0 Å². The number of halogens is 2. The molecule has 13 heavy (non-hydrogen) atoms. The van der Waals surface area contributed by atoms with Crippen molar-refractivity contribution >= 4 is 33.0 Å². The first-order chi connectivity index (χ1) is 6.05. The van der Waals surface area contributed by atoms with E-state index in [9.17, 15) is 8.42 Å². The quantitative estimate of drug-likeness (QED) is 0.609. The number of fused-ring (bicyclic) bond motifs is 2. The average Bonchev–Trinajstić information content (AvgIpc) is 2.23. The van der Waals surface area contributed by atoms with Gasteiger partial charge in [0.15, 0.2) is 9.84 Å². The van der Waals surface area contributed by atoms with Gasteiger partial charge in [0.25, 0.3) is 0 Å². The van der Waals surface area contributed by atoms with E-state index in [0.29, 0.717) is 12.8 Å². The molecule has 2 aliphatic rings. The Kier molecular flexibility index (Phi) is 2.54. The van der Waals surface area contributed by atoms with Gasteiger partial charge in [-0.05, 0) is 12.8 Å². The highest BCUT2D eigenvalue weighted by Crippen LogP contribution is 2.42. The van der Waals surface area contributed by atoms with Crippen molar-refractivity contribution in [1.82, 2.24) is 0 Å². The van der Waals surface area contributed by atoms with Gasteiger partial charge in [-0.25, -0.2) is 8.42 Å². The zero-order valence-corrected chi connectivity index (χ0v) is 9.45. The van der Waals surface area contributed by atoms with Crippen LogP contribution >= 0.6 is 23.2 Å². The lowest BCUT2D eigenvalue weighted by atomic mass is 10.0. The standard InChI is InChI=1S/C8H12Cl2O2S/c9-7-5-3-1-2-4-6(8(7)10)13(5,11)12/h5-8H,1-4H2/t5-,6-,7-,8-/m0/s1. The Bertz CT molecular complexity index is 277. The molecule has 0 aromatic rings. The maximum absolute atomic E-state index is 11.8. The van der Waals surface area contributed by atoms with Crippen molar-refractivity contribution in [3.05, 3.63) is 0 Å². The van der Waals surface area contributed by atoms with Gasteiger partial charge in [-0.3, -0.25) is 0 Å². The number of sulfone groups is 1. The summed E-state index contributed by atoms with van der Waals surface area (Å²) in [6.07, 6.45) is 3.31. The molecule has 0 saturated carbocycles. The van der Waals surface area contributed by atoms with Gasteiger partial charge in [-0.2, -0.15) is 0 Å². The van der Waals surface area contributed by atoms with Gasteiger partial charge in [0.05, 0.1) is 21.3 Å². The molecule has 0 unspecified atom stereocenters. The number of alkyl halides is 2. The van der Waals surface area contributed by atoms with Crippen LogP contribution in [0.3, 0.4) is 0 Å². The molecule has 0 aliphatic carbocycles. The van der Waals surface area contributed by atoms with Crippen LogP contribution < -0.4 is 0 Å². The number of rotatable bonds is 0. The molecule has 0 N–H and O–H groups in total. The van der Waals surface area contributed by atoms with Gasteiger partial charge in [0.2, 0.25) is 0 Å². The minimum atomic E-state index is -3.03. The summed E-state index contributed by atoms with van der Waals surface area (Å²) in [5.74, 6) is 0. The fourth-order valence-electron chi connectivity index (χ4n) is 2.34. The predicted molar refractivity (Wildman–Crippen MR) is 54.2 cm³/mol. The molecule has 5 heteroatoms. The summed E-state index contributed by atoms with van der Waals surface area (Å²) in [5, 5.41) is -1.53. The van der Waals surface area contributed by atoms with E-state index < -0.39 is 9.84 Å². The zero-order valence-electron chi connectivity index (χ0n) is 7.12. The highest BCUT2D eigenvalue weighted by molar-refractivity contribution is 7.93. The first kappa shape index (κ1) is 10.1. The molecule has 0 aromatic carbocycles. The second kappa shape index (κ2) is 3.28. The molecule has 2 rings (SSSR count). The molecule has 0 radical (unpaired) electrons. The summed E-state index contributed by atoms with van der Waals surface area (Å²) in [6.45, 7) is 0. The minimum Gasteiger partial charge on any atom is -0.228 e. The third-order valence-corrected chi connectivity index (χ3v) is 7.41. The molecule has 0 amide bonds. The maximum Gasteiger partial charge on any atom is 0.159 e. The molecule has 0 spiro atoms. The Morgan fingerprint density at radius 1 is 0.923 bits per heavy atom. The Labute approximate surface area is 88.5 Å². The van der Waals surface area contributed by atoms with E-state index in [2.05, 4.69) is 0 Å². The van der Waals surface area contributed by atoms with Crippen molar-refractivity contribution in [1.29, 1.82) is 0 Å². The maximum atomic E-state index is 11.8. The van der Waals surface area contributed by atoms with Crippen LogP contribution in [-0.2, 0) is 9.84 Å². The van der Waals surface area contributed by atoms with Crippen LogP contribution in [0.1, 0.15) is 25.7 Å². The van der Waals surface area contributed by atoms with Crippen LogP contribution in [0, 0.1) is 0 Å². The molecule has 2 fully saturated rings. The smallest absolute Gasteiger partial charge is 0.159 e. The minimum absolute atomic E-state index is 0.378. The SMILES string of the molecule is O=S1(=O)[C@H]2CCCC[C@H]1[C@H](Cl)[C@H]2Cl. The normalized spacial score (nSPS) is 48.8. The van der Waals surface area contributed by atoms with Gasteiger partial charge in [-0.1, -0.05) is 12.8 Å². The summed E-state index contributed by atoms with van der Waals surface area (Å²) in [5.41, 5.74) is 0. The summed E-state index contributed by atoms with van der Waals surface area (Å²) in [6, 6.07) is 0. The molecule has 2 heterocycles. The van der Waals surface area contributed by atoms with E-state index in [1.54, 1.807) is 0 Å². The summed E-state index contributed by atoms with van der Waals surface area (Å²) >= 11 is 12.0. The summed E-state index contributed by atoms with van der Waals surface area (Å²) in [4.78, 5) is 0. The largest absolute Gasteiger partial charge is 0.228 e. The molecule has 2 nitrogen and oxygen atoms in total. The third-order valence-electron chi connectivity index (χ3n) is 3.09. The fraction of sp³-hybridized carbons (Fsp3) is 1.00. The predicted octanol–water partition coefficient (Wildman–Crippen LogP) is 1.94. The Morgan fingerprint density at radius 2 is 1.31 bits per heavy atom. The second-order valence-electron chi connectivity index (χ2n) is 3.84. The van der Waals surface area contributed by atoms with Crippen LogP contribution in [0.25, 0.3) is 0 Å². The van der Waals surface area contributed by atoms with E-state index >= 15 is 0 Å². The number of hydrogen-bond donors (Lipinski definition) is 0. The van der Waals surface area contributed by atoms with E-state index in [-0.39, 0.29) is 21.3 Å². The molecule has 2 saturated heterocycles. The Hall–Kier alpha value is 0.530. The van der Waals surface area contributed by atoms with Crippen LogP contribution in [0.2, 0.25) is 0 Å². The Balaban J connectivity index is 2.42. The lowest BCUT2D eigenvalue weighted by Crippen LogP contribution is -2.24. The van der Waals surface area contributed by atoms with Crippen molar-refractivity contribution in [2.24, 2.45) is 0 Å². The van der Waals surface area contributed by atoms with Crippen molar-refractivity contribution in [3.63, 3.8) is 0 Å². The van der Waals surface area contributed by atoms with Crippen molar-refractivity contribution in [2.45, 2.75) is 46.9 Å². The molecular formula is C8H12Cl2O2S. The molecular weight excluding hydrogens is 231 g/mol. The zero-order chi connectivity index (χ0) is 9.64. The molecule has 2 aliphatic heterocycles. The fourth-order valence-corrected chi connectivity index (χ4v) is 6.47. The molecule has 2 bridgehead atoms. The first-order valence-electron chi connectivity index (χ1n) is 4.56. The summed E-state index contributed by atoms with van der Waals surface area (Å²) in [7, 11) is -3.03. The van der Waals surface area contributed by atoms with E-state index in [1.165, 1.54) is 0 Å². The highest BCUT2D eigenvalue weighted by atomic mass is 35.5. The van der Waals surface area contributed by atoms with Crippen LogP contribution in [0.15, 0.2) is 0 Å². The van der Waals surface area contributed by atoms with E-state index in [1.807, 2.05) is 0 Å². The second-order valence-corrected chi connectivity index (χ2v) is 7.24. The van der Waals surface area contributed by atoms with Crippen molar-refractivity contribution < 1.29 is 8.42 Å². The highest BCUT2D eigenvalue weighted by Gasteiger charge is 2.53.